The topological polar surface area (TPSA) is 17.1 Å². The molecule has 0 unspecified atom stereocenters. The summed E-state index contributed by atoms with van der Waals surface area (Å²) in [5.74, 6) is 0.289. The highest BCUT2D eigenvalue weighted by molar-refractivity contribution is 14.3. The van der Waals surface area contributed by atoms with Crippen molar-refractivity contribution >= 4 is 73.6 Å². The van der Waals surface area contributed by atoms with Crippen molar-refractivity contribution in [3.05, 3.63) is 0 Å². The third kappa shape index (κ3) is 32.8. The fraction of sp³-hybridized carbons (Fsp3) is 0.833. The lowest BCUT2D eigenvalue weighted by molar-refractivity contribution is -0.117. The monoisotopic (exact) mass is 480 g/mol. The van der Waals surface area contributed by atoms with Crippen LogP contribution in [0.3, 0.4) is 0 Å². The minimum absolute atomic E-state index is 0.289. The highest BCUT2D eigenvalue weighted by Gasteiger charge is 1.83. The van der Waals surface area contributed by atoms with E-state index < -0.39 is 0 Å². The quantitative estimate of drug-likeness (QED) is 0.433. The molecule has 1 nitrogen and oxygen atoms in total. The molecule has 0 radical (unpaired) electrons. The van der Waals surface area contributed by atoms with Crippen molar-refractivity contribution in [1.82, 2.24) is 0 Å². The molecule has 0 fully saturated rings. The van der Waals surface area contributed by atoms with Crippen LogP contribution in [0, 0.1) is 0 Å². The zero-order chi connectivity index (χ0) is 8.57. The van der Waals surface area contributed by atoms with Crippen molar-refractivity contribution in [1.29, 1.82) is 0 Å². The van der Waals surface area contributed by atoms with Gasteiger partial charge in [-0.1, -0.05) is 74.7 Å². The van der Waals surface area contributed by atoms with Crippen molar-refractivity contribution in [2.75, 3.05) is 0 Å². The summed E-state index contributed by atoms with van der Waals surface area (Å²) in [7, 11) is 0. The van der Waals surface area contributed by atoms with Gasteiger partial charge in [0.25, 0.3) is 0 Å². The van der Waals surface area contributed by atoms with Gasteiger partial charge in [-0.05, 0) is 13.3 Å². The van der Waals surface area contributed by atoms with E-state index in [1.165, 1.54) is 0 Å². The van der Waals surface area contributed by atoms with Gasteiger partial charge in [-0.15, -0.1) is 0 Å². The van der Waals surface area contributed by atoms with Crippen molar-refractivity contribution < 1.29 is 4.79 Å². The van der Waals surface area contributed by atoms with Crippen molar-refractivity contribution in [3.63, 3.8) is 0 Å². The standard InChI is InChI=1S/C5H10O.CHI3/c1-3-4-5(2)6;2-1(3)4/h3-4H2,1-2H3;1H. The summed E-state index contributed by atoms with van der Waals surface area (Å²) in [4.78, 5) is 10.0. The largest absolute Gasteiger partial charge is 0.300 e. The molecule has 0 saturated carbocycles. The molecule has 0 rings (SSSR count). The predicted octanol–water partition coefficient (Wildman–Crippen LogP) is 3.95. The van der Waals surface area contributed by atoms with Gasteiger partial charge in [0, 0.05) is 6.42 Å². The fourth-order valence-electron chi connectivity index (χ4n) is 0.352. The predicted molar refractivity (Wildman–Crippen MR) is 71.4 cm³/mol. The molecule has 0 aliphatic rings. The molecular formula is C6H11I3O. The molecule has 0 aliphatic heterocycles. The van der Waals surface area contributed by atoms with Gasteiger partial charge in [-0.3, -0.25) is 0 Å². The Morgan fingerprint density at radius 2 is 1.70 bits per heavy atom. The van der Waals surface area contributed by atoms with Gasteiger partial charge in [0.1, 0.15) is 5.72 Å². The van der Waals surface area contributed by atoms with Crippen LogP contribution in [0.5, 0.6) is 0 Å². The molecule has 0 bridgehead atoms. The minimum Gasteiger partial charge on any atom is -0.300 e. The summed E-state index contributed by atoms with van der Waals surface area (Å²) in [5.41, 5.74) is 0. The second-order valence-corrected chi connectivity index (χ2v) is 12.6. The van der Waals surface area contributed by atoms with Crippen LogP contribution in [0.1, 0.15) is 26.7 Å². The zero-order valence-electron chi connectivity index (χ0n) is 6.03. The van der Waals surface area contributed by atoms with Gasteiger partial charge >= 0.3 is 0 Å². The first-order chi connectivity index (χ1) is 4.50. The Balaban J connectivity index is 0. The first kappa shape index (κ1) is 14.4. The van der Waals surface area contributed by atoms with Crippen LogP contribution in [0.4, 0.5) is 0 Å². The molecular weight excluding hydrogens is 469 g/mol. The van der Waals surface area contributed by atoms with E-state index in [2.05, 4.69) is 67.8 Å². The van der Waals surface area contributed by atoms with E-state index in [-0.39, 0.29) is 5.78 Å². The Kier molecular flexibility index (Phi) is 15.6. The van der Waals surface area contributed by atoms with E-state index >= 15 is 0 Å². The number of carbonyl (C=O) groups is 1. The first-order valence-electron chi connectivity index (χ1n) is 2.92. The molecule has 0 spiro atoms. The third-order valence-corrected chi connectivity index (χ3v) is 0.602. The Hall–Kier alpha value is 1.86. The zero-order valence-corrected chi connectivity index (χ0v) is 12.5. The van der Waals surface area contributed by atoms with Crippen molar-refractivity contribution in [3.8, 4) is 0 Å². The Morgan fingerprint density at radius 1 is 1.40 bits per heavy atom. The van der Waals surface area contributed by atoms with Crippen molar-refractivity contribution in [2.45, 2.75) is 26.6 Å². The average Bonchev–Trinajstić information content (AvgIpc) is 1.62. The summed E-state index contributed by atoms with van der Waals surface area (Å²) in [6.07, 6.45) is 1.72. The fourth-order valence-corrected chi connectivity index (χ4v) is 0.352. The van der Waals surface area contributed by atoms with E-state index in [4.69, 9.17) is 0 Å². The summed E-state index contributed by atoms with van der Waals surface area (Å²) in [6, 6.07) is 0. The smallest absolute Gasteiger partial charge is 0.129 e. The molecule has 0 heterocycles. The van der Waals surface area contributed by atoms with Gasteiger partial charge in [0.2, 0.25) is 0 Å². The summed E-state index contributed by atoms with van der Waals surface area (Å²) < 4.78 is 0.743. The number of halogens is 3. The molecule has 0 aromatic rings. The Labute approximate surface area is 104 Å². The molecule has 62 valence electrons. The van der Waals surface area contributed by atoms with Crippen LogP contribution < -0.4 is 0 Å². The van der Waals surface area contributed by atoms with Crippen LogP contribution in [0.15, 0.2) is 0 Å². The van der Waals surface area contributed by atoms with E-state index in [0.717, 1.165) is 12.8 Å². The molecule has 0 amide bonds. The van der Waals surface area contributed by atoms with E-state index in [1.807, 2.05) is 6.92 Å². The highest BCUT2D eigenvalue weighted by Crippen LogP contribution is 2.16. The number of ketones is 1. The normalized spacial score (nSPS) is 8.60. The highest BCUT2D eigenvalue weighted by atomic mass is 127. The molecule has 0 aromatic carbocycles. The van der Waals surface area contributed by atoms with Gasteiger partial charge in [0.05, 0.1) is 0 Å². The van der Waals surface area contributed by atoms with Gasteiger partial charge < -0.3 is 4.79 Å². The second-order valence-electron chi connectivity index (χ2n) is 1.70. The van der Waals surface area contributed by atoms with E-state index in [1.54, 1.807) is 6.92 Å². The Morgan fingerprint density at radius 3 is 1.70 bits per heavy atom. The number of rotatable bonds is 2. The van der Waals surface area contributed by atoms with Crippen LogP contribution in [-0.4, -0.2) is 5.72 Å². The number of hydrogen-bond acceptors (Lipinski definition) is 1. The third-order valence-electron chi connectivity index (χ3n) is 0.602. The first-order valence-corrected chi connectivity index (χ1v) is 6.66. The van der Waals surface area contributed by atoms with E-state index in [0.29, 0.717) is 0 Å². The number of alkyl halides is 3. The van der Waals surface area contributed by atoms with Gasteiger partial charge in [-0.2, -0.15) is 0 Å². The van der Waals surface area contributed by atoms with Gasteiger partial charge in [0.15, 0.2) is 0 Å². The second kappa shape index (κ2) is 10.9. The average molecular weight is 480 g/mol. The number of hydrogen-bond donors (Lipinski definition) is 0. The summed E-state index contributed by atoms with van der Waals surface area (Å²) in [5, 5.41) is 0. The van der Waals surface area contributed by atoms with Crippen LogP contribution >= 0.6 is 67.8 Å². The molecule has 0 N–H and O–H groups in total. The molecule has 4 heteroatoms. The molecule has 10 heavy (non-hydrogen) atoms. The van der Waals surface area contributed by atoms with Crippen LogP contribution in [-0.2, 0) is 4.79 Å². The lowest BCUT2D eigenvalue weighted by Gasteiger charge is -1.80. The lowest BCUT2D eigenvalue weighted by atomic mass is 10.3. The minimum atomic E-state index is 0.289. The maximum absolute atomic E-state index is 10.0. The Bertz CT molecular complexity index is 80.3. The molecule has 0 atom stereocenters. The number of carbonyl (C=O) groups excluding carboxylic acids is 1. The van der Waals surface area contributed by atoms with Crippen molar-refractivity contribution in [2.24, 2.45) is 0 Å². The lowest BCUT2D eigenvalue weighted by Crippen LogP contribution is -1.84. The summed E-state index contributed by atoms with van der Waals surface area (Å²) in [6.45, 7) is 3.62. The van der Waals surface area contributed by atoms with E-state index in [9.17, 15) is 4.79 Å². The maximum Gasteiger partial charge on any atom is 0.129 e. The van der Waals surface area contributed by atoms with Gasteiger partial charge in [-0.25, -0.2) is 0 Å². The molecule has 0 aromatic heterocycles. The summed E-state index contributed by atoms with van der Waals surface area (Å²) >= 11 is 6.95. The SMILES string of the molecule is CCCC(C)=O.IC(I)I. The number of Topliss-reactive ketones (excluding diaryl/α,β-unsaturated/α-hetero) is 1. The molecule has 0 aliphatic carbocycles. The maximum atomic E-state index is 10.0. The van der Waals surface area contributed by atoms with Crippen LogP contribution in [0.25, 0.3) is 0 Å². The van der Waals surface area contributed by atoms with Crippen LogP contribution in [0.2, 0.25) is 0 Å². The molecule has 0 saturated heterocycles.